The second kappa shape index (κ2) is 5.89. The number of aryl methyl sites for hydroxylation is 1. The molecular formula is C16H14N6O2. The van der Waals surface area contributed by atoms with E-state index in [0.29, 0.717) is 11.5 Å². The number of nitrogens with two attached hydrogens (primary N) is 1. The second-order valence-corrected chi connectivity index (χ2v) is 5.03. The highest BCUT2D eigenvalue weighted by molar-refractivity contribution is 5.95. The van der Waals surface area contributed by atoms with Gasteiger partial charge in [-0.2, -0.15) is 10.4 Å². The Morgan fingerprint density at radius 3 is 2.50 bits per heavy atom. The summed E-state index contributed by atoms with van der Waals surface area (Å²) in [6.45, 7) is 1.81. The Morgan fingerprint density at radius 1 is 1.29 bits per heavy atom. The molecule has 2 aromatic heterocycles. The number of carbonyl (C=O) groups excluding carboxylic acids is 1. The minimum absolute atomic E-state index is 0.0975. The molecule has 3 aromatic rings. The summed E-state index contributed by atoms with van der Waals surface area (Å²) in [5.74, 6) is 0.0638. The van der Waals surface area contributed by atoms with E-state index in [9.17, 15) is 4.79 Å². The van der Waals surface area contributed by atoms with E-state index in [4.69, 9.17) is 15.7 Å². The first-order valence-electron chi connectivity index (χ1n) is 7.03. The first kappa shape index (κ1) is 15.3. The van der Waals surface area contributed by atoms with Crippen molar-refractivity contribution in [2.75, 3.05) is 12.8 Å². The van der Waals surface area contributed by atoms with Crippen LogP contribution in [0.5, 0.6) is 0 Å². The number of esters is 1. The van der Waals surface area contributed by atoms with Gasteiger partial charge in [0, 0.05) is 11.9 Å². The van der Waals surface area contributed by atoms with Crippen molar-refractivity contribution in [1.82, 2.24) is 19.3 Å². The summed E-state index contributed by atoms with van der Waals surface area (Å²) >= 11 is 0. The Hall–Kier alpha value is -3.60. The lowest BCUT2D eigenvalue weighted by Crippen LogP contribution is -2.11. The van der Waals surface area contributed by atoms with E-state index in [-0.39, 0.29) is 16.9 Å². The van der Waals surface area contributed by atoms with Gasteiger partial charge < -0.3 is 15.0 Å². The molecule has 8 nitrogen and oxygen atoms in total. The average Bonchev–Trinajstić information content (AvgIpc) is 3.17. The number of anilines is 1. The van der Waals surface area contributed by atoms with Crippen molar-refractivity contribution >= 4 is 11.7 Å². The van der Waals surface area contributed by atoms with Gasteiger partial charge in [0.05, 0.1) is 24.0 Å². The Kier molecular flexibility index (Phi) is 3.75. The van der Waals surface area contributed by atoms with Gasteiger partial charge in [-0.25, -0.2) is 14.5 Å². The molecule has 0 aliphatic rings. The number of hydrogen-bond donors (Lipinski definition) is 1. The van der Waals surface area contributed by atoms with E-state index in [1.165, 1.54) is 17.9 Å². The second-order valence-electron chi connectivity index (χ2n) is 5.03. The molecule has 2 N–H and O–H groups in total. The Labute approximate surface area is 137 Å². The number of ether oxygens (including phenoxy) is 1. The van der Waals surface area contributed by atoms with Gasteiger partial charge in [0.25, 0.3) is 0 Å². The van der Waals surface area contributed by atoms with Gasteiger partial charge in [0.15, 0.2) is 5.69 Å². The van der Waals surface area contributed by atoms with Crippen LogP contribution in [0, 0.1) is 18.3 Å². The van der Waals surface area contributed by atoms with Crippen LogP contribution in [-0.4, -0.2) is 32.4 Å². The van der Waals surface area contributed by atoms with Gasteiger partial charge in [-0.3, -0.25) is 0 Å². The molecule has 1 aromatic carbocycles. The van der Waals surface area contributed by atoms with E-state index in [0.717, 1.165) is 5.69 Å². The van der Waals surface area contributed by atoms with Crippen molar-refractivity contribution < 1.29 is 9.53 Å². The Bertz CT molecular complexity index is 946. The summed E-state index contributed by atoms with van der Waals surface area (Å²) in [5.41, 5.74) is 7.81. The van der Waals surface area contributed by atoms with E-state index < -0.39 is 5.97 Å². The highest BCUT2D eigenvalue weighted by Crippen LogP contribution is 2.25. The molecule has 0 fully saturated rings. The van der Waals surface area contributed by atoms with Gasteiger partial charge in [-0.15, -0.1) is 0 Å². The van der Waals surface area contributed by atoms with Crippen LogP contribution in [0.4, 0.5) is 5.69 Å². The maximum atomic E-state index is 12.0. The molecule has 0 bridgehead atoms. The molecule has 0 amide bonds. The van der Waals surface area contributed by atoms with Gasteiger partial charge in [0.2, 0.25) is 0 Å². The van der Waals surface area contributed by atoms with Crippen LogP contribution in [0.25, 0.3) is 11.4 Å². The van der Waals surface area contributed by atoms with Crippen molar-refractivity contribution in [1.29, 1.82) is 5.26 Å². The lowest BCUT2D eigenvalue weighted by atomic mass is 10.2. The average molecular weight is 322 g/mol. The van der Waals surface area contributed by atoms with Crippen molar-refractivity contribution in [2.24, 2.45) is 0 Å². The van der Waals surface area contributed by atoms with Gasteiger partial charge in [-0.1, -0.05) is 0 Å². The number of hydrogen-bond acceptors (Lipinski definition) is 6. The fourth-order valence-electron chi connectivity index (χ4n) is 2.35. The summed E-state index contributed by atoms with van der Waals surface area (Å²) in [7, 11) is 1.27. The highest BCUT2D eigenvalue weighted by atomic mass is 16.5. The zero-order valence-corrected chi connectivity index (χ0v) is 13.1. The maximum Gasteiger partial charge on any atom is 0.357 e. The standard InChI is InChI=1S/C16H14N6O2/c1-10-19-9-22(20-10)13-5-3-12(4-6-13)21-8-11(7-17)14(18)15(21)16(23)24-2/h3-6,8-9H,18H2,1-2H3. The SMILES string of the molecule is COC(=O)c1c(N)c(C#N)cn1-c1ccc(-n2cnc(C)n2)cc1. The summed E-state index contributed by atoms with van der Waals surface area (Å²) < 4.78 is 7.94. The number of methoxy groups -OCH3 is 1. The molecule has 0 atom stereocenters. The Morgan fingerprint density at radius 2 is 1.96 bits per heavy atom. The fourth-order valence-corrected chi connectivity index (χ4v) is 2.35. The van der Waals surface area contributed by atoms with Crippen molar-refractivity contribution in [3.05, 3.63) is 53.9 Å². The number of carbonyl (C=O) groups is 1. The first-order valence-corrected chi connectivity index (χ1v) is 7.03. The monoisotopic (exact) mass is 322 g/mol. The molecule has 0 aliphatic heterocycles. The molecule has 0 unspecified atom stereocenters. The lowest BCUT2D eigenvalue weighted by Gasteiger charge is -2.09. The van der Waals surface area contributed by atoms with Gasteiger partial charge >= 0.3 is 5.97 Å². The molecule has 0 saturated carbocycles. The normalized spacial score (nSPS) is 10.4. The van der Waals surface area contributed by atoms with Crippen molar-refractivity contribution in [3.63, 3.8) is 0 Å². The predicted molar refractivity (Wildman–Crippen MR) is 85.9 cm³/mol. The maximum absolute atomic E-state index is 12.0. The molecule has 0 saturated heterocycles. The Balaban J connectivity index is 2.06. The smallest absolute Gasteiger partial charge is 0.357 e. The molecule has 2 heterocycles. The number of nitrogens with zero attached hydrogens (tertiary/aromatic N) is 5. The zero-order valence-electron chi connectivity index (χ0n) is 13.1. The quantitative estimate of drug-likeness (QED) is 0.733. The lowest BCUT2D eigenvalue weighted by molar-refractivity contribution is 0.0593. The molecule has 0 aliphatic carbocycles. The van der Waals surface area contributed by atoms with Gasteiger partial charge in [-0.05, 0) is 31.2 Å². The van der Waals surface area contributed by atoms with Crippen LogP contribution in [0.3, 0.4) is 0 Å². The summed E-state index contributed by atoms with van der Waals surface area (Å²) in [6.07, 6.45) is 3.13. The van der Waals surface area contributed by atoms with Crippen LogP contribution in [0.15, 0.2) is 36.8 Å². The number of rotatable bonds is 3. The summed E-state index contributed by atoms with van der Waals surface area (Å²) in [4.78, 5) is 16.1. The topological polar surface area (TPSA) is 112 Å². The summed E-state index contributed by atoms with van der Waals surface area (Å²) in [6, 6.07) is 9.20. The summed E-state index contributed by atoms with van der Waals surface area (Å²) in [5, 5.41) is 13.4. The van der Waals surface area contributed by atoms with E-state index in [1.54, 1.807) is 30.1 Å². The number of aromatic nitrogens is 4. The van der Waals surface area contributed by atoms with Crippen LogP contribution >= 0.6 is 0 Å². The number of nitriles is 1. The molecule has 24 heavy (non-hydrogen) atoms. The fraction of sp³-hybridized carbons (Fsp3) is 0.125. The molecule has 3 rings (SSSR count). The molecule has 120 valence electrons. The first-order chi connectivity index (χ1) is 11.5. The van der Waals surface area contributed by atoms with Crippen LogP contribution < -0.4 is 5.73 Å². The van der Waals surface area contributed by atoms with Crippen molar-refractivity contribution in [3.8, 4) is 17.4 Å². The third-order valence-corrected chi connectivity index (χ3v) is 3.54. The van der Waals surface area contributed by atoms with E-state index in [1.807, 2.05) is 18.2 Å². The third-order valence-electron chi connectivity index (χ3n) is 3.54. The van der Waals surface area contributed by atoms with Crippen LogP contribution in [-0.2, 0) is 4.74 Å². The van der Waals surface area contributed by atoms with Crippen LogP contribution in [0.2, 0.25) is 0 Å². The molecule has 0 radical (unpaired) electrons. The molecule has 8 heteroatoms. The van der Waals surface area contributed by atoms with Gasteiger partial charge in [0.1, 0.15) is 18.2 Å². The highest BCUT2D eigenvalue weighted by Gasteiger charge is 2.21. The molecular weight excluding hydrogens is 308 g/mol. The predicted octanol–water partition coefficient (Wildman–Crippen LogP) is 1.61. The largest absolute Gasteiger partial charge is 0.464 e. The number of nitrogen functional groups attached to an aromatic ring is 1. The van der Waals surface area contributed by atoms with Crippen molar-refractivity contribution in [2.45, 2.75) is 6.92 Å². The zero-order chi connectivity index (χ0) is 17.3. The third kappa shape index (κ3) is 2.48. The van der Waals surface area contributed by atoms with E-state index >= 15 is 0 Å². The molecule has 0 spiro atoms. The number of benzene rings is 1. The minimum Gasteiger partial charge on any atom is -0.464 e. The van der Waals surface area contributed by atoms with Crippen LogP contribution in [0.1, 0.15) is 21.9 Å². The minimum atomic E-state index is -0.607. The van der Waals surface area contributed by atoms with E-state index in [2.05, 4.69) is 10.1 Å².